The van der Waals surface area contributed by atoms with Crippen molar-refractivity contribution in [1.82, 2.24) is 19.7 Å². The van der Waals surface area contributed by atoms with E-state index in [1.165, 1.54) is 17.0 Å². The van der Waals surface area contributed by atoms with E-state index in [-0.39, 0.29) is 5.69 Å². The van der Waals surface area contributed by atoms with Gasteiger partial charge in [-0.15, -0.1) is 0 Å². The standard InChI is InChI=1S/C18H14Cl2N4O2/c1-8-15(9(2)26-23-8)10-4-11(16-12(19)6-21-7-13(16)20)17-14(5-10)22-18(25)24(17)3/h4-7H,1-3H3,(H,22,25). The second kappa shape index (κ2) is 6.00. The maximum Gasteiger partial charge on any atom is 0.326 e. The molecule has 1 N–H and O–H groups in total. The maximum atomic E-state index is 12.2. The Balaban J connectivity index is 2.16. The monoisotopic (exact) mass is 388 g/mol. The van der Waals surface area contributed by atoms with Crippen molar-refractivity contribution < 1.29 is 4.52 Å². The summed E-state index contributed by atoms with van der Waals surface area (Å²) in [6.07, 6.45) is 3.06. The second-order valence-electron chi connectivity index (χ2n) is 6.09. The number of benzene rings is 1. The number of fused-ring (bicyclic) bond motifs is 1. The smallest absolute Gasteiger partial charge is 0.326 e. The van der Waals surface area contributed by atoms with E-state index in [9.17, 15) is 4.79 Å². The van der Waals surface area contributed by atoms with Crippen LogP contribution in [0.25, 0.3) is 33.3 Å². The maximum absolute atomic E-state index is 12.2. The summed E-state index contributed by atoms with van der Waals surface area (Å²) < 4.78 is 6.83. The fraction of sp³-hybridized carbons (Fsp3) is 0.167. The molecule has 0 bridgehead atoms. The van der Waals surface area contributed by atoms with Crippen LogP contribution in [0.4, 0.5) is 0 Å². The summed E-state index contributed by atoms with van der Waals surface area (Å²) in [4.78, 5) is 19.1. The summed E-state index contributed by atoms with van der Waals surface area (Å²) in [5.41, 5.74) is 5.01. The summed E-state index contributed by atoms with van der Waals surface area (Å²) in [7, 11) is 1.70. The summed E-state index contributed by atoms with van der Waals surface area (Å²) in [6.45, 7) is 3.72. The van der Waals surface area contributed by atoms with Gasteiger partial charge < -0.3 is 9.51 Å². The lowest BCUT2D eigenvalue weighted by Crippen LogP contribution is -2.12. The molecule has 1 aromatic carbocycles. The molecular formula is C18H14Cl2N4O2. The number of aromatic amines is 1. The molecule has 0 unspecified atom stereocenters. The number of halogens is 2. The van der Waals surface area contributed by atoms with E-state index in [2.05, 4.69) is 15.1 Å². The van der Waals surface area contributed by atoms with Crippen LogP contribution < -0.4 is 5.69 Å². The van der Waals surface area contributed by atoms with E-state index in [1.807, 2.05) is 26.0 Å². The van der Waals surface area contributed by atoms with Crippen molar-refractivity contribution in [3.05, 3.63) is 56.5 Å². The molecule has 8 heteroatoms. The molecule has 6 nitrogen and oxygen atoms in total. The number of hydrogen-bond acceptors (Lipinski definition) is 4. The third-order valence-corrected chi connectivity index (χ3v) is 5.01. The van der Waals surface area contributed by atoms with E-state index in [1.54, 1.807) is 7.05 Å². The van der Waals surface area contributed by atoms with Gasteiger partial charge in [0.25, 0.3) is 0 Å². The predicted octanol–water partition coefficient (Wildman–Crippen LogP) is 4.51. The molecule has 0 fully saturated rings. The molecule has 0 aliphatic carbocycles. The van der Waals surface area contributed by atoms with Crippen molar-refractivity contribution in [3.63, 3.8) is 0 Å². The molecule has 0 saturated carbocycles. The SMILES string of the molecule is Cc1noc(C)c1-c1cc(-c2c(Cl)cncc2Cl)c2c(c1)[nH]c(=O)n2C. The second-order valence-corrected chi connectivity index (χ2v) is 6.90. The van der Waals surface area contributed by atoms with Crippen LogP contribution in [0, 0.1) is 13.8 Å². The van der Waals surface area contributed by atoms with E-state index in [0.717, 1.165) is 22.4 Å². The van der Waals surface area contributed by atoms with Crippen LogP contribution in [-0.2, 0) is 7.05 Å². The molecule has 0 amide bonds. The van der Waals surface area contributed by atoms with E-state index >= 15 is 0 Å². The summed E-state index contributed by atoms with van der Waals surface area (Å²) >= 11 is 12.8. The van der Waals surface area contributed by atoms with Gasteiger partial charge in [-0.1, -0.05) is 28.4 Å². The number of aromatic nitrogens is 4. The first kappa shape index (κ1) is 16.9. The Morgan fingerprint density at radius 3 is 2.42 bits per heavy atom. The zero-order valence-electron chi connectivity index (χ0n) is 14.2. The summed E-state index contributed by atoms with van der Waals surface area (Å²) in [5, 5.41) is 4.83. The Labute approximate surface area is 158 Å². The lowest BCUT2D eigenvalue weighted by Gasteiger charge is -2.12. The van der Waals surface area contributed by atoms with Gasteiger partial charge in [0, 0.05) is 36.1 Å². The molecule has 0 spiro atoms. The van der Waals surface area contributed by atoms with Crippen molar-refractivity contribution in [3.8, 4) is 22.3 Å². The fourth-order valence-corrected chi connectivity index (χ4v) is 3.86. The van der Waals surface area contributed by atoms with E-state index < -0.39 is 0 Å². The van der Waals surface area contributed by atoms with Crippen LogP contribution in [0.2, 0.25) is 10.0 Å². The lowest BCUT2D eigenvalue weighted by atomic mass is 9.97. The number of rotatable bonds is 2. The topological polar surface area (TPSA) is 76.7 Å². The van der Waals surface area contributed by atoms with E-state index in [4.69, 9.17) is 27.7 Å². The first-order valence-corrected chi connectivity index (χ1v) is 8.59. The van der Waals surface area contributed by atoms with Crippen molar-refractivity contribution >= 4 is 34.2 Å². The van der Waals surface area contributed by atoms with Crippen LogP contribution >= 0.6 is 23.2 Å². The highest BCUT2D eigenvalue weighted by molar-refractivity contribution is 6.39. The highest BCUT2D eigenvalue weighted by Gasteiger charge is 2.20. The van der Waals surface area contributed by atoms with Crippen LogP contribution in [0.15, 0.2) is 33.8 Å². The van der Waals surface area contributed by atoms with E-state index in [0.29, 0.717) is 32.4 Å². The molecule has 4 aromatic rings. The highest BCUT2D eigenvalue weighted by Crippen LogP contribution is 2.40. The molecule has 3 aromatic heterocycles. The Bertz CT molecular complexity index is 1180. The third kappa shape index (κ3) is 2.45. The third-order valence-electron chi connectivity index (χ3n) is 4.44. The first-order chi connectivity index (χ1) is 12.4. The van der Waals surface area contributed by atoms with Gasteiger partial charge in [-0.2, -0.15) is 0 Å². The van der Waals surface area contributed by atoms with Crippen molar-refractivity contribution in [2.24, 2.45) is 7.05 Å². The molecule has 3 heterocycles. The van der Waals surface area contributed by atoms with Crippen molar-refractivity contribution in [1.29, 1.82) is 0 Å². The van der Waals surface area contributed by atoms with Gasteiger partial charge in [0.1, 0.15) is 5.76 Å². The molecule has 0 atom stereocenters. The lowest BCUT2D eigenvalue weighted by molar-refractivity contribution is 0.393. The molecule has 0 aliphatic rings. The van der Waals surface area contributed by atoms with Gasteiger partial charge in [-0.3, -0.25) is 9.55 Å². The number of pyridine rings is 1. The van der Waals surface area contributed by atoms with Crippen LogP contribution in [0.5, 0.6) is 0 Å². The Morgan fingerprint density at radius 2 is 1.81 bits per heavy atom. The average molecular weight is 389 g/mol. The Morgan fingerprint density at radius 1 is 1.12 bits per heavy atom. The molecule has 0 saturated heterocycles. The van der Waals surface area contributed by atoms with Crippen LogP contribution in [-0.4, -0.2) is 19.7 Å². The number of nitrogens with one attached hydrogen (secondary N) is 1. The van der Waals surface area contributed by atoms with Gasteiger partial charge >= 0.3 is 5.69 Å². The fourth-order valence-electron chi connectivity index (χ4n) is 3.29. The Hall–Kier alpha value is -2.57. The van der Waals surface area contributed by atoms with Crippen molar-refractivity contribution in [2.75, 3.05) is 0 Å². The van der Waals surface area contributed by atoms with Gasteiger partial charge in [0.15, 0.2) is 0 Å². The molecule has 132 valence electrons. The first-order valence-electron chi connectivity index (χ1n) is 7.84. The zero-order chi connectivity index (χ0) is 18.6. The molecule has 4 rings (SSSR count). The molecule has 0 radical (unpaired) electrons. The van der Waals surface area contributed by atoms with Crippen LogP contribution in [0.1, 0.15) is 11.5 Å². The van der Waals surface area contributed by atoms with Gasteiger partial charge in [-0.05, 0) is 31.5 Å². The largest absolute Gasteiger partial charge is 0.361 e. The minimum Gasteiger partial charge on any atom is -0.361 e. The minimum absolute atomic E-state index is 0.224. The minimum atomic E-state index is -0.224. The molecule has 0 aliphatic heterocycles. The number of aryl methyl sites for hydroxylation is 3. The average Bonchev–Trinajstić information content (AvgIpc) is 3.06. The molecule has 26 heavy (non-hydrogen) atoms. The summed E-state index contributed by atoms with van der Waals surface area (Å²) in [5.74, 6) is 0.693. The number of imidazole rings is 1. The number of nitrogens with zero attached hydrogens (tertiary/aromatic N) is 3. The Kier molecular flexibility index (Phi) is 3.89. The van der Waals surface area contributed by atoms with Gasteiger partial charge in [0.2, 0.25) is 0 Å². The zero-order valence-corrected chi connectivity index (χ0v) is 15.7. The highest BCUT2D eigenvalue weighted by atomic mass is 35.5. The predicted molar refractivity (Wildman–Crippen MR) is 102 cm³/mol. The quantitative estimate of drug-likeness (QED) is 0.547. The van der Waals surface area contributed by atoms with Crippen LogP contribution in [0.3, 0.4) is 0 Å². The normalized spacial score (nSPS) is 11.4. The number of H-pyrrole nitrogens is 1. The van der Waals surface area contributed by atoms with Gasteiger partial charge in [0.05, 0.1) is 26.8 Å². The number of hydrogen-bond donors (Lipinski definition) is 1. The van der Waals surface area contributed by atoms with Gasteiger partial charge in [-0.25, -0.2) is 4.79 Å². The summed E-state index contributed by atoms with van der Waals surface area (Å²) in [6, 6.07) is 3.84. The molecular weight excluding hydrogens is 375 g/mol. The van der Waals surface area contributed by atoms with Crippen molar-refractivity contribution in [2.45, 2.75) is 13.8 Å².